The van der Waals surface area contributed by atoms with Crippen molar-refractivity contribution >= 4 is 23.2 Å². The van der Waals surface area contributed by atoms with Crippen molar-refractivity contribution < 1.29 is 4.79 Å². The zero-order valence-corrected chi connectivity index (χ0v) is 11.1. The van der Waals surface area contributed by atoms with Crippen molar-refractivity contribution in [2.75, 3.05) is 12.3 Å². The van der Waals surface area contributed by atoms with Crippen molar-refractivity contribution in [2.45, 2.75) is 13.0 Å². The largest absolute Gasteiger partial charge is 0.396 e. The van der Waals surface area contributed by atoms with E-state index in [1.807, 2.05) is 12.1 Å². The van der Waals surface area contributed by atoms with Crippen LogP contribution in [0.3, 0.4) is 0 Å². The van der Waals surface area contributed by atoms with Gasteiger partial charge in [0.25, 0.3) is 0 Å². The first-order chi connectivity index (χ1) is 9.13. The molecule has 0 aliphatic heterocycles. The molecule has 0 spiro atoms. The van der Waals surface area contributed by atoms with E-state index in [2.05, 4.69) is 10.4 Å². The van der Waals surface area contributed by atoms with Crippen molar-refractivity contribution in [1.82, 2.24) is 15.1 Å². The molecule has 0 aliphatic rings. The molecule has 6 heteroatoms. The number of carbonyl (C=O) groups is 1. The fourth-order valence-corrected chi connectivity index (χ4v) is 1.79. The maximum atomic E-state index is 11.7. The predicted octanol–water partition coefficient (Wildman–Crippen LogP) is 1.48. The summed E-state index contributed by atoms with van der Waals surface area (Å²) in [6, 6.07) is 7.24. The first kappa shape index (κ1) is 13.4. The fraction of sp³-hybridized carbons (Fsp3) is 0.231. The van der Waals surface area contributed by atoms with Crippen LogP contribution in [0.4, 0.5) is 5.69 Å². The molecule has 1 amide bonds. The normalized spacial score (nSPS) is 10.4. The first-order valence-corrected chi connectivity index (χ1v) is 6.30. The van der Waals surface area contributed by atoms with Crippen molar-refractivity contribution in [3.8, 4) is 0 Å². The standard InChI is InChI=1S/C13H15ClN4O/c14-11-3-1-10(2-4-11)7-13(19)16-5-6-18-9-12(15)8-17-18/h1-4,8-9H,5-7,15H2,(H,16,19). The number of rotatable bonds is 5. The number of nitrogens with two attached hydrogens (primary N) is 1. The highest BCUT2D eigenvalue weighted by Gasteiger charge is 2.03. The summed E-state index contributed by atoms with van der Waals surface area (Å²) in [6.45, 7) is 1.12. The van der Waals surface area contributed by atoms with Crippen LogP contribution in [0, 0.1) is 0 Å². The number of aromatic nitrogens is 2. The van der Waals surface area contributed by atoms with Gasteiger partial charge in [0.05, 0.1) is 24.8 Å². The van der Waals surface area contributed by atoms with E-state index in [4.69, 9.17) is 17.3 Å². The molecule has 0 radical (unpaired) electrons. The van der Waals surface area contributed by atoms with Gasteiger partial charge in [0.15, 0.2) is 0 Å². The topological polar surface area (TPSA) is 72.9 Å². The van der Waals surface area contributed by atoms with Crippen LogP contribution in [-0.4, -0.2) is 22.2 Å². The Kier molecular flexibility index (Phi) is 4.41. The number of hydrogen-bond donors (Lipinski definition) is 2. The van der Waals surface area contributed by atoms with E-state index in [1.165, 1.54) is 0 Å². The number of halogens is 1. The SMILES string of the molecule is Nc1cnn(CCNC(=O)Cc2ccc(Cl)cc2)c1. The Morgan fingerprint density at radius 3 is 2.74 bits per heavy atom. The van der Waals surface area contributed by atoms with Gasteiger partial charge in [0.2, 0.25) is 5.91 Å². The molecule has 0 atom stereocenters. The second-order valence-electron chi connectivity index (χ2n) is 4.19. The monoisotopic (exact) mass is 278 g/mol. The highest BCUT2D eigenvalue weighted by Crippen LogP contribution is 2.09. The summed E-state index contributed by atoms with van der Waals surface area (Å²) in [5.74, 6) is -0.0255. The summed E-state index contributed by atoms with van der Waals surface area (Å²) < 4.78 is 1.69. The van der Waals surface area contributed by atoms with E-state index in [-0.39, 0.29) is 5.91 Å². The highest BCUT2D eigenvalue weighted by atomic mass is 35.5. The summed E-state index contributed by atoms with van der Waals surface area (Å²) >= 11 is 5.78. The smallest absolute Gasteiger partial charge is 0.224 e. The van der Waals surface area contributed by atoms with Crippen LogP contribution in [0.1, 0.15) is 5.56 Å². The van der Waals surface area contributed by atoms with E-state index in [9.17, 15) is 4.79 Å². The number of amides is 1. The van der Waals surface area contributed by atoms with Crippen LogP contribution in [0.2, 0.25) is 5.02 Å². The molecule has 0 unspecified atom stereocenters. The molecule has 19 heavy (non-hydrogen) atoms. The molecule has 0 saturated heterocycles. The van der Waals surface area contributed by atoms with Gasteiger partial charge in [-0.15, -0.1) is 0 Å². The van der Waals surface area contributed by atoms with Gasteiger partial charge in [-0.05, 0) is 17.7 Å². The molecule has 100 valence electrons. The molecule has 0 bridgehead atoms. The van der Waals surface area contributed by atoms with Gasteiger partial charge in [0.1, 0.15) is 0 Å². The molecule has 1 aromatic heterocycles. The average molecular weight is 279 g/mol. The van der Waals surface area contributed by atoms with Gasteiger partial charge in [-0.2, -0.15) is 5.10 Å². The lowest BCUT2D eigenvalue weighted by Crippen LogP contribution is -2.28. The Labute approximate surface area is 116 Å². The Morgan fingerprint density at radius 2 is 2.11 bits per heavy atom. The quantitative estimate of drug-likeness (QED) is 0.870. The third kappa shape index (κ3) is 4.30. The van der Waals surface area contributed by atoms with Crippen LogP contribution >= 0.6 is 11.6 Å². The Hall–Kier alpha value is -2.01. The zero-order chi connectivity index (χ0) is 13.7. The first-order valence-electron chi connectivity index (χ1n) is 5.92. The molecule has 2 rings (SSSR count). The lowest BCUT2D eigenvalue weighted by atomic mass is 10.1. The molecular weight excluding hydrogens is 264 g/mol. The van der Waals surface area contributed by atoms with Crippen molar-refractivity contribution in [1.29, 1.82) is 0 Å². The van der Waals surface area contributed by atoms with E-state index in [0.717, 1.165) is 5.56 Å². The summed E-state index contributed by atoms with van der Waals surface area (Å²) in [4.78, 5) is 11.7. The lowest BCUT2D eigenvalue weighted by Gasteiger charge is -2.05. The van der Waals surface area contributed by atoms with Crippen molar-refractivity contribution in [3.63, 3.8) is 0 Å². The second-order valence-corrected chi connectivity index (χ2v) is 4.63. The molecule has 2 aromatic rings. The Bertz CT molecular complexity index is 550. The second kappa shape index (κ2) is 6.24. The molecule has 0 aliphatic carbocycles. The number of nitrogen functional groups attached to an aromatic ring is 1. The van der Waals surface area contributed by atoms with E-state index < -0.39 is 0 Å². The molecule has 1 heterocycles. The number of nitrogens with zero attached hydrogens (tertiary/aromatic N) is 2. The van der Waals surface area contributed by atoms with Gasteiger partial charge in [-0.1, -0.05) is 23.7 Å². The highest BCUT2D eigenvalue weighted by molar-refractivity contribution is 6.30. The minimum absolute atomic E-state index is 0.0255. The van der Waals surface area contributed by atoms with Gasteiger partial charge in [0, 0.05) is 17.8 Å². The van der Waals surface area contributed by atoms with Crippen LogP contribution in [0.25, 0.3) is 0 Å². The van der Waals surface area contributed by atoms with Crippen LogP contribution < -0.4 is 11.1 Å². The van der Waals surface area contributed by atoms with Crippen molar-refractivity contribution in [2.24, 2.45) is 0 Å². The summed E-state index contributed by atoms with van der Waals surface area (Å²) in [5.41, 5.74) is 7.10. The van der Waals surface area contributed by atoms with E-state index in [0.29, 0.717) is 30.2 Å². The van der Waals surface area contributed by atoms with Gasteiger partial charge in [-0.25, -0.2) is 0 Å². The van der Waals surface area contributed by atoms with Gasteiger partial charge >= 0.3 is 0 Å². The molecular formula is C13H15ClN4O. The number of nitrogens with one attached hydrogen (secondary N) is 1. The summed E-state index contributed by atoms with van der Waals surface area (Å²) in [6.07, 6.45) is 3.65. The lowest BCUT2D eigenvalue weighted by molar-refractivity contribution is -0.120. The minimum Gasteiger partial charge on any atom is -0.396 e. The summed E-state index contributed by atoms with van der Waals surface area (Å²) in [7, 11) is 0. The molecule has 3 N–H and O–H groups in total. The maximum Gasteiger partial charge on any atom is 0.224 e. The molecule has 0 fully saturated rings. The van der Waals surface area contributed by atoms with E-state index in [1.54, 1.807) is 29.2 Å². The number of anilines is 1. The molecule has 5 nitrogen and oxygen atoms in total. The average Bonchev–Trinajstić information content (AvgIpc) is 2.78. The zero-order valence-electron chi connectivity index (χ0n) is 10.3. The van der Waals surface area contributed by atoms with Crippen LogP contribution in [-0.2, 0) is 17.8 Å². The molecule has 0 saturated carbocycles. The van der Waals surface area contributed by atoms with Crippen molar-refractivity contribution in [3.05, 3.63) is 47.2 Å². The molecule has 1 aromatic carbocycles. The minimum atomic E-state index is -0.0255. The third-order valence-corrected chi connectivity index (χ3v) is 2.85. The number of carbonyl (C=O) groups excluding carboxylic acids is 1. The third-order valence-electron chi connectivity index (χ3n) is 2.59. The predicted molar refractivity (Wildman–Crippen MR) is 74.8 cm³/mol. The van der Waals surface area contributed by atoms with Crippen LogP contribution in [0.15, 0.2) is 36.7 Å². The Morgan fingerprint density at radius 1 is 1.37 bits per heavy atom. The van der Waals surface area contributed by atoms with Gasteiger partial charge in [-0.3, -0.25) is 9.48 Å². The number of hydrogen-bond acceptors (Lipinski definition) is 3. The maximum absolute atomic E-state index is 11.7. The van der Waals surface area contributed by atoms with Crippen LogP contribution in [0.5, 0.6) is 0 Å². The van der Waals surface area contributed by atoms with E-state index >= 15 is 0 Å². The summed E-state index contributed by atoms with van der Waals surface area (Å²) in [5, 5.41) is 7.53. The number of benzene rings is 1. The Balaban J connectivity index is 1.74. The fourth-order valence-electron chi connectivity index (χ4n) is 1.66. The van der Waals surface area contributed by atoms with Gasteiger partial charge < -0.3 is 11.1 Å².